The second-order valence-corrected chi connectivity index (χ2v) is 4.83. The van der Waals surface area contributed by atoms with Crippen molar-refractivity contribution in [2.45, 2.75) is 25.1 Å². The van der Waals surface area contributed by atoms with E-state index in [2.05, 4.69) is 5.32 Å². The van der Waals surface area contributed by atoms with Gasteiger partial charge in [-0.25, -0.2) is 0 Å². The molecule has 0 bridgehead atoms. The quantitative estimate of drug-likeness (QED) is 0.766. The molecule has 1 N–H and O–H groups in total. The largest absolute Gasteiger partial charge is 0.326 e. The molecular weight excluding hydrogens is 198 g/mol. The van der Waals surface area contributed by atoms with E-state index in [0.717, 1.165) is 5.69 Å². The molecular formula is C11H14ClNO. The maximum atomic E-state index is 11.4. The van der Waals surface area contributed by atoms with Crippen molar-refractivity contribution in [2.24, 2.45) is 0 Å². The molecule has 0 aliphatic carbocycles. The number of benzene rings is 1. The first kappa shape index (κ1) is 11.1. The lowest BCUT2D eigenvalue weighted by atomic mass is 10.1. The van der Waals surface area contributed by atoms with Crippen LogP contribution in [0, 0.1) is 0 Å². The predicted molar refractivity (Wildman–Crippen MR) is 59.6 cm³/mol. The highest BCUT2D eigenvalue weighted by Crippen LogP contribution is 2.18. The third-order valence-corrected chi connectivity index (χ3v) is 1.77. The van der Waals surface area contributed by atoms with E-state index in [1.165, 1.54) is 0 Å². The summed E-state index contributed by atoms with van der Waals surface area (Å²) in [5, 5.41) is 2.78. The van der Waals surface area contributed by atoms with E-state index >= 15 is 0 Å². The number of amides is 1. The van der Waals surface area contributed by atoms with Crippen molar-refractivity contribution in [3.8, 4) is 0 Å². The Morgan fingerprint density at radius 3 is 2.43 bits per heavy atom. The fourth-order valence-electron chi connectivity index (χ4n) is 1.11. The standard InChI is InChI=1S/C11H14ClNO/c1-11(2,12)8-10(14)13-9-6-4-3-5-7-9/h3-7H,8H2,1-2H3,(H,13,14). The van der Waals surface area contributed by atoms with Crippen LogP contribution >= 0.6 is 11.6 Å². The lowest BCUT2D eigenvalue weighted by Crippen LogP contribution is -2.22. The van der Waals surface area contributed by atoms with Crippen molar-refractivity contribution in [2.75, 3.05) is 5.32 Å². The summed E-state index contributed by atoms with van der Waals surface area (Å²) in [5.74, 6) is -0.0591. The minimum Gasteiger partial charge on any atom is -0.326 e. The van der Waals surface area contributed by atoms with Crippen molar-refractivity contribution < 1.29 is 4.79 Å². The van der Waals surface area contributed by atoms with Crippen molar-refractivity contribution in [1.29, 1.82) is 0 Å². The second-order valence-electron chi connectivity index (χ2n) is 3.81. The fraction of sp³-hybridized carbons (Fsp3) is 0.364. The molecule has 0 aliphatic heterocycles. The number of alkyl halides is 1. The van der Waals surface area contributed by atoms with Gasteiger partial charge in [0.2, 0.25) is 5.91 Å². The Labute approximate surface area is 89.3 Å². The van der Waals surface area contributed by atoms with Gasteiger partial charge in [0.15, 0.2) is 0 Å². The van der Waals surface area contributed by atoms with E-state index in [-0.39, 0.29) is 5.91 Å². The maximum Gasteiger partial charge on any atom is 0.226 e. The summed E-state index contributed by atoms with van der Waals surface area (Å²) >= 11 is 5.93. The summed E-state index contributed by atoms with van der Waals surface area (Å²) in [4.78, 5) is 10.9. The number of halogens is 1. The van der Waals surface area contributed by atoms with Crippen LogP contribution in [0.3, 0.4) is 0 Å². The highest BCUT2D eigenvalue weighted by molar-refractivity contribution is 6.24. The Balaban J connectivity index is 2.50. The molecule has 1 rings (SSSR count). The number of carbonyl (C=O) groups excluding carboxylic acids is 1. The minimum absolute atomic E-state index is 0.0591. The van der Waals surface area contributed by atoms with E-state index in [1.807, 2.05) is 44.2 Å². The Hall–Kier alpha value is -1.02. The maximum absolute atomic E-state index is 11.4. The third-order valence-electron chi connectivity index (χ3n) is 1.64. The van der Waals surface area contributed by atoms with Crippen LogP contribution in [0.2, 0.25) is 0 Å². The zero-order valence-electron chi connectivity index (χ0n) is 8.38. The number of nitrogens with one attached hydrogen (secondary N) is 1. The van der Waals surface area contributed by atoms with Crippen LogP contribution in [0.25, 0.3) is 0 Å². The number of para-hydroxylation sites is 1. The summed E-state index contributed by atoms with van der Waals surface area (Å²) < 4.78 is 0. The van der Waals surface area contributed by atoms with Gasteiger partial charge < -0.3 is 5.32 Å². The molecule has 0 aromatic heterocycles. The third kappa shape index (κ3) is 4.28. The van der Waals surface area contributed by atoms with Gasteiger partial charge in [0.25, 0.3) is 0 Å². The molecule has 0 unspecified atom stereocenters. The van der Waals surface area contributed by atoms with Crippen LogP contribution in [-0.2, 0) is 4.79 Å². The summed E-state index contributed by atoms with van der Waals surface area (Å²) in [7, 11) is 0. The SMILES string of the molecule is CC(C)(Cl)CC(=O)Nc1ccccc1. The van der Waals surface area contributed by atoms with Gasteiger partial charge in [-0.2, -0.15) is 0 Å². The van der Waals surface area contributed by atoms with Crippen LogP contribution in [0.1, 0.15) is 20.3 Å². The Morgan fingerprint density at radius 1 is 1.36 bits per heavy atom. The lowest BCUT2D eigenvalue weighted by molar-refractivity contribution is -0.116. The van der Waals surface area contributed by atoms with Gasteiger partial charge in [0, 0.05) is 17.0 Å². The smallest absolute Gasteiger partial charge is 0.226 e. The van der Waals surface area contributed by atoms with Crippen molar-refractivity contribution in [1.82, 2.24) is 0 Å². The first-order valence-corrected chi connectivity index (χ1v) is 4.89. The summed E-state index contributed by atoms with van der Waals surface area (Å²) in [6.45, 7) is 3.64. The molecule has 14 heavy (non-hydrogen) atoms. The molecule has 0 heterocycles. The number of hydrogen-bond donors (Lipinski definition) is 1. The topological polar surface area (TPSA) is 29.1 Å². The number of hydrogen-bond acceptors (Lipinski definition) is 1. The minimum atomic E-state index is -0.487. The molecule has 3 heteroatoms. The molecule has 0 spiro atoms. The molecule has 1 aromatic carbocycles. The lowest BCUT2D eigenvalue weighted by Gasteiger charge is -2.14. The van der Waals surface area contributed by atoms with E-state index in [1.54, 1.807) is 0 Å². The molecule has 1 amide bonds. The Bertz CT molecular complexity index is 303. The first-order valence-electron chi connectivity index (χ1n) is 4.51. The summed E-state index contributed by atoms with van der Waals surface area (Å²) in [5.41, 5.74) is 0.804. The van der Waals surface area contributed by atoms with Crippen LogP contribution < -0.4 is 5.32 Å². The van der Waals surface area contributed by atoms with Crippen molar-refractivity contribution in [3.05, 3.63) is 30.3 Å². The van der Waals surface area contributed by atoms with E-state index in [4.69, 9.17) is 11.6 Å². The number of anilines is 1. The molecule has 76 valence electrons. The zero-order valence-corrected chi connectivity index (χ0v) is 9.14. The van der Waals surface area contributed by atoms with Crippen LogP contribution in [-0.4, -0.2) is 10.8 Å². The van der Waals surface area contributed by atoms with Gasteiger partial charge in [-0.1, -0.05) is 18.2 Å². The molecule has 0 saturated heterocycles. The van der Waals surface area contributed by atoms with E-state index in [0.29, 0.717) is 6.42 Å². The summed E-state index contributed by atoms with van der Waals surface area (Å²) in [6, 6.07) is 9.35. The molecule has 1 aromatic rings. The second kappa shape index (κ2) is 4.47. The highest BCUT2D eigenvalue weighted by atomic mass is 35.5. The van der Waals surface area contributed by atoms with Gasteiger partial charge in [0.1, 0.15) is 0 Å². The van der Waals surface area contributed by atoms with Gasteiger partial charge in [0.05, 0.1) is 0 Å². The Morgan fingerprint density at radius 2 is 1.93 bits per heavy atom. The number of carbonyl (C=O) groups is 1. The molecule has 0 fully saturated rings. The monoisotopic (exact) mass is 211 g/mol. The van der Waals surface area contributed by atoms with Gasteiger partial charge >= 0.3 is 0 Å². The zero-order chi connectivity index (χ0) is 10.6. The van der Waals surface area contributed by atoms with Gasteiger partial charge in [-0.3, -0.25) is 4.79 Å². The molecule has 0 aliphatic rings. The average molecular weight is 212 g/mol. The molecule has 0 saturated carbocycles. The average Bonchev–Trinajstić information content (AvgIpc) is 2.02. The van der Waals surface area contributed by atoms with Crippen molar-refractivity contribution in [3.63, 3.8) is 0 Å². The Kier molecular flexibility index (Phi) is 3.53. The van der Waals surface area contributed by atoms with Crippen molar-refractivity contribution >= 4 is 23.2 Å². The van der Waals surface area contributed by atoms with Crippen LogP contribution in [0.15, 0.2) is 30.3 Å². The first-order chi connectivity index (χ1) is 6.47. The number of rotatable bonds is 3. The molecule has 0 atom stereocenters. The van der Waals surface area contributed by atoms with E-state index < -0.39 is 4.87 Å². The summed E-state index contributed by atoms with van der Waals surface area (Å²) in [6.07, 6.45) is 0.309. The predicted octanol–water partition coefficient (Wildman–Crippen LogP) is 3.03. The van der Waals surface area contributed by atoms with Gasteiger partial charge in [-0.05, 0) is 26.0 Å². The van der Waals surface area contributed by atoms with Crippen LogP contribution in [0.4, 0.5) is 5.69 Å². The molecule has 2 nitrogen and oxygen atoms in total. The highest BCUT2D eigenvalue weighted by Gasteiger charge is 2.18. The van der Waals surface area contributed by atoms with E-state index in [9.17, 15) is 4.79 Å². The van der Waals surface area contributed by atoms with Crippen LogP contribution in [0.5, 0.6) is 0 Å². The molecule has 0 radical (unpaired) electrons. The normalized spacial score (nSPS) is 11.1. The van der Waals surface area contributed by atoms with Gasteiger partial charge in [-0.15, -0.1) is 11.6 Å². The fourth-order valence-corrected chi connectivity index (χ4v) is 1.23.